The van der Waals surface area contributed by atoms with E-state index in [4.69, 9.17) is 5.11 Å². The molecule has 0 aromatic carbocycles. The van der Waals surface area contributed by atoms with Crippen molar-refractivity contribution in [3.63, 3.8) is 0 Å². The maximum absolute atomic E-state index is 11.3. The van der Waals surface area contributed by atoms with Crippen molar-refractivity contribution >= 4 is 5.91 Å². The van der Waals surface area contributed by atoms with Gasteiger partial charge in [-0.25, -0.2) is 0 Å². The summed E-state index contributed by atoms with van der Waals surface area (Å²) in [5.41, 5.74) is 0. The summed E-state index contributed by atoms with van der Waals surface area (Å²) in [4.78, 5) is 15.0. The van der Waals surface area contributed by atoms with Gasteiger partial charge in [0.05, 0.1) is 12.6 Å². The number of nitrogens with zero attached hydrogens (tertiary/aromatic N) is 2. The minimum absolute atomic E-state index is 0.0991. The number of amides is 1. The highest BCUT2D eigenvalue weighted by molar-refractivity contribution is 5.77. The first-order valence-corrected chi connectivity index (χ1v) is 5.05. The SMILES string of the molecule is CN(CC(=O)N(C)C)CC1CC(O)C1. The fourth-order valence-electron chi connectivity index (χ4n) is 1.73. The molecule has 1 N–H and O–H groups in total. The molecule has 82 valence electrons. The van der Waals surface area contributed by atoms with Crippen LogP contribution in [0.25, 0.3) is 0 Å². The number of carbonyl (C=O) groups excluding carboxylic acids is 1. The third kappa shape index (κ3) is 3.27. The van der Waals surface area contributed by atoms with Crippen molar-refractivity contribution in [3.05, 3.63) is 0 Å². The van der Waals surface area contributed by atoms with Crippen molar-refractivity contribution in [1.82, 2.24) is 9.80 Å². The van der Waals surface area contributed by atoms with E-state index >= 15 is 0 Å². The Kier molecular flexibility index (Phi) is 3.89. The summed E-state index contributed by atoms with van der Waals surface area (Å²) in [5, 5.41) is 9.11. The number of hydrogen-bond donors (Lipinski definition) is 1. The van der Waals surface area contributed by atoms with E-state index in [0.29, 0.717) is 12.5 Å². The fourth-order valence-corrected chi connectivity index (χ4v) is 1.73. The Balaban J connectivity index is 2.16. The monoisotopic (exact) mass is 200 g/mol. The van der Waals surface area contributed by atoms with Crippen molar-refractivity contribution in [3.8, 4) is 0 Å². The first-order chi connectivity index (χ1) is 6.49. The summed E-state index contributed by atoms with van der Waals surface area (Å²) in [6, 6.07) is 0. The lowest BCUT2D eigenvalue weighted by atomic mass is 9.82. The smallest absolute Gasteiger partial charge is 0.236 e. The summed E-state index contributed by atoms with van der Waals surface area (Å²) < 4.78 is 0. The Morgan fingerprint density at radius 1 is 1.36 bits per heavy atom. The normalized spacial score (nSPS) is 26.1. The van der Waals surface area contributed by atoms with Gasteiger partial charge in [0, 0.05) is 20.6 Å². The molecule has 0 atom stereocenters. The molecule has 0 unspecified atom stereocenters. The van der Waals surface area contributed by atoms with Gasteiger partial charge >= 0.3 is 0 Å². The highest BCUT2D eigenvalue weighted by atomic mass is 16.3. The molecule has 1 saturated carbocycles. The molecule has 1 rings (SSSR count). The summed E-state index contributed by atoms with van der Waals surface area (Å²) in [6.07, 6.45) is 1.68. The molecular formula is C10H20N2O2. The molecule has 1 fully saturated rings. The predicted octanol–water partition coefficient (Wildman–Crippen LogP) is -0.223. The van der Waals surface area contributed by atoms with Crippen LogP contribution in [0.2, 0.25) is 0 Å². The average molecular weight is 200 g/mol. The minimum Gasteiger partial charge on any atom is -0.393 e. The Morgan fingerprint density at radius 2 is 1.93 bits per heavy atom. The van der Waals surface area contributed by atoms with E-state index in [9.17, 15) is 4.79 Å². The number of carbonyl (C=O) groups is 1. The van der Waals surface area contributed by atoms with Crippen LogP contribution in [0.15, 0.2) is 0 Å². The Labute approximate surface area is 85.5 Å². The second kappa shape index (κ2) is 4.75. The third-order valence-corrected chi connectivity index (χ3v) is 2.68. The standard InChI is InChI=1S/C10H20N2O2/c1-11(2)10(14)7-12(3)6-8-4-9(13)5-8/h8-9,13H,4-7H2,1-3H3. The molecule has 14 heavy (non-hydrogen) atoms. The number of hydrogen-bond acceptors (Lipinski definition) is 3. The summed E-state index contributed by atoms with van der Waals surface area (Å²) in [5.74, 6) is 0.706. The molecule has 0 aromatic rings. The third-order valence-electron chi connectivity index (χ3n) is 2.68. The number of aliphatic hydroxyl groups excluding tert-OH is 1. The number of aliphatic hydroxyl groups is 1. The highest BCUT2D eigenvalue weighted by Gasteiger charge is 2.28. The van der Waals surface area contributed by atoms with Gasteiger partial charge in [0.15, 0.2) is 0 Å². The van der Waals surface area contributed by atoms with E-state index < -0.39 is 0 Å². The van der Waals surface area contributed by atoms with E-state index in [1.165, 1.54) is 0 Å². The molecular weight excluding hydrogens is 180 g/mol. The van der Waals surface area contributed by atoms with Gasteiger partial charge in [-0.2, -0.15) is 0 Å². The van der Waals surface area contributed by atoms with Crippen molar-refractivity contribution in [1.29, 1.82) is 0 Å². The van der Waals surface area contributed by atoms with Crippen LogP contribution in [0, 0.1) is 5.92 Å². The quantitative estimate of drug-likeness (QED) is 0.682. The Hall–Kier alpha value is -0.610. The van der Waals surface area contributed by atoms with Crippen LogP contribution in [0.1, 0.15) is 12.8 Å². The Bertz CT molecular complexity index is 200. The second-order valence-electron chi connectivity index (χ2n) is 4.48. The molecule has 0 saturated heterocycles. The molecule has 1 aliphatic carbocycles. The average Bonchev–Trinajstić information content (AvgIpc) is 2.01. The Morgan fingerprint density at radius 3 is 2.36 bits per heavy atom. The van der Waals surface area contributed by atoms with Crippen LogP contribution in [0.3, 0.4) is 0 Å². The molecule has 0 bridgehead atoms. The first-order valence-electron chi connectivity index (χ1n) is 5.05. The largest absolute Gasteiger partial charge is 0.393 e. The van der Waals surface area contributed by atoms with Gasteiger partial charge in [-0.05, 0) is 25.8 Å². The highest BCUT2D eigenvalue weighted by Crippen LogP contribution is 2.27. The van der Waals surface area contributed by atoms with Gasteiger partial charge in [0.2, 0.25) is 5.91 Å². The molecule has 0 spiro atoms. The zero-order valence-corrected chi connectivity index (χ0v) is 9.23. The molecule has 1 aliphatic rings. The summed E-state index contributed by atoms with van der Waals surface area (Å²) >= 11 is 0. The van der Waals surface area contributed by atoms with Crippen molar-refractivity contribution in [2.45, 2.75) is 18.9 Å². The molecule has 1 amide bonds. The topological polar surface area (TPSA) is 43.8 Å². The van der Waals surface area contributed by atoms with E-state index in [1.54, 1.807) is 19.0 Å². The van der Waals surface area contributed by atoms with E-state index in [2.05, 4.69) is 0 Å². The van der Waals surface area contributed by atoms with Gasteiger partial charge in [-0.3, -0.25) is 9.69 Å². The van der Waals surface area contributed by atoms with Gasteiger partial charge in [0.1, 0.15) is 0 Å². The van der Waals surface area contributed by atoms with Gasteiger partial charge < -0.3 is 10.0 Å². The zero-order valence-electron chi connectivity index (χ0n) is 9.23. The van der Waals surface area contributed by atoms with Crippen molar-refractivity contribution in [2.24, 2.45) is 5.92 Å². The minimum atomic E-state index is -0.0991. The van der Waals surface area contributed by atoms with Crippen LogP contribution in [0.4, 0.5) is 0 Å². The maximum atomic E-state index is 11.3. The maximum Gasteiger partial charge on any atom is 0.236 e. The van der Waals surface area contributed by atoms with Crippen LogP contribution >= 0.6 is 0 Å². The van der Waals surface area contributed by atoms with Gasteiger partial charge in [0.25, 0.3) is 0 Å². The lowest BCUT2D eigenvalue weighted by Gasteiger charge is -2.34. The lowest BCUT2D eigenvalue weighted by molar-refractivity contribution is -0.129. The number of likely N-dealkylation sites (N-methyl/N-ethyl adjacent to an activating group) is 2. The second-order valence-corrected chi connectivity index (χ2v) is 4.48. The molecule has 0 aliphatic heterocycles. The van der Waals surface area contributed by atoms with Crippen LogP contribution in [0.5, 0.6) is 0 Å². The number of rotatable bonds is 4. The zero-order chi connectivity index (χ0) is 10.7. The predicted molar refractivity (Wildman–Crippen MR) is 54.9 cm³/mol. The van der Waals surface area contributed by atoms with E-state index in [1.807, 2.05) is 11.9 Å². The van der Waals surface area contributed by atoms with Gasteiger partial charge in [-0.1, -0.05) is 0 Å². The van der Waals surface area contributed by atoms with Crippen LogP contribution in [-0.4, -0.2) is 61.2 Å². The van der Waals surface area contributed by atoms with Crippen LogP contribution < -0.4 is 0 Å². The van der Waals surface area contributed by atoms with Crippen LogP contribution in [-0.2, 0) is 4.79 Å². The molecule has 0 radical (unpaired) electrons. The van der Waals surface area contributed by atoms with Gasteiger partial charge in [-0.15, -0.1) is 0 Å². The van der Waals surface area contributed by atoms with E-state index in [0.717, 1.165) is 19.4 Å². The molecule has 0 aromatic heterocycles. The molecule has 0 heterocycles. The van der Waals surface area contributed by atoms with Crippen molar-refractivity contribution in [2.75, 3.05) is 34.2 Å². The van der Waals surface area contributed by atoms with Crippen molar-refractivity contribution < 1.29 is 9.90 Å². The van der Waals surface area contributed by atoms with E-state index in [-0.39, 0.29) is 12.0 Å². The summed E-state index contributed by atoms with van der Waals surface area (Å²) in [7, 11) is 5.48. The molecule has 4 nitrogen and oxygen atoms in total. The first kappa shape index (κ1) is 11.5. The molecule has 4 heteroatoms. The summed E-state index contributed by atoms with van der Waals surface area (Å²) in [6.45, 7) is 1.39. The fraction of sp³-hybridized carbons (Fsp3) is 0.900. The lowest BCUT2D eigenvalue weighted by Crippen LogP contribution is -2.41.